The van der Waals surface area contributed by atoms with Crippen LogP contribution in [-0.4, -0.2) is 12.2 Å². The summed E-state index contributed by atoms with van der Waals surface area (Å²) in [7, 11) is 2.02. The van der Waals surface area contributed by atoms with Crippen LogP contribution in [0.3, 0.4) is 0 Å². The average molecular weight is 245 g/mol. The van der Waals surface area contributed by atoms with Crippen LogP contribution in [0.1, 0.15) is 29.9 Å². The molecule has 1 heterocycles. The maximum absolute atomic E-state index is 9.79. The zero-order valence-electron chi connectivity index (χ0n) is 11.1. The highest BCUT2D eigenvalue weighted by Crippen LogP contribution is 2.26. The summed E-state index contributed by atoms with van der Waals surface area (Å²) in [5.41, 5.74) is 3.16. The molecule has 1 atom stereocenters. The lowest BCUT2D eigenvalue weighted by Gasteiger charge is -2.23. The van der Waals surface area contributed by atoms with Crippen molar-refractivity contribution in [3.05, 3.63) is 53.5 Å². The lowest BCUT2D eigenvalue weighted by molar-refractivity contribution is 0.199. The highest BCUT2D eigenvalue weighted by Gasteiger charge is 2.12. The molecule has 2 aromatic rings. The summed E-state index contributed by atoms with van der Waals surface area (Å²) in [5, 5.41) is 9.79. The number of hydrogen-bond donors (Lipinski definition) is 1. The molecule has 0 unspecified atom stereocenters. The van der Waals surface area contributed by atoms with E-state index in [1.165, 1.54) is 0 Å². The molecule has 0 aliphatic rings. The van der Waals surface area contributed by atoms with Crippen LogP contribution in [0.4, 0.5) is 5.69 Å². The molecule has 0 fully saturated rings. The first-order valence-electron chi connectivity index (χ1n) is 6.10. The van der Waals surface area contributed by atoms with E-state index in [1.807, 2.05) is 44.3 Å². The first-order chi connectivity index (χ1) is 8.59. The summed E-state index contributed by atoms with van der Waals surface area (Å²) in [6.07, 6.45) is 1.24. The van der Waals surface area contributed by atoms with E-state index in [1.54, 1.807) is 13.2 Å². The number of furan rings is 1. The largest absolute Gasteiger partial charge is 0.469 e. The summed E-state index contributed by atoms with van der Waals surface area (Å²) in [6.45, 7) is 4.52. The second kappa shape index (κ2) is 5.27. The van der Waals surface area contributed by atoms with Gasteiger partial charge < -0.3 is 14.4 Å². The number of nitrogens with zero attached hydrogens (tertiary/aromatic N) is 1. The number of benzene rings is 1. The number of aliphatic hydroxyl groups is 1. The maximum Gasteiger partial charge on any atom is 0.105 e. The van der Waals surface area contributed by atoms with Gasteiger partial charge in [-0.15, -0.1) is 0 Å². The molecular formula is C15H19NO2. The van der Waals surface area contributed by atoms with Crippen LogP contribution in [0.5, 0.6) is 0 Å². The van der Waals surface area contributed by atoms with Crippen molar-refractivity contribution in [2.45, 2.75) is 26.5 Å². The lowest BCUT2D eigenvalue weighted by atomic mass is 10.1. The molecule has 3 heteroatoms. The molecule has 1 N–H and O–H groups in total. The monoisotopic (exact) mass is 245 g/mol. The summed E-state index contributed by atoms with van der Waals surface area (Å²) >= 11 is 0. The zero-order chi connectivity index (χ0) is 13.1. The van der Waals surface area contributed by atoms with Crippen molar-refractivity contribution in [3.8, 4) is 0 Å². The summed E-state index contributed by atoms with van der Waals surface area (Å²) in [6, 6.07) is 9.90. The molecule has 3 nitrogen and oxygen atoms in total. The quantitative estimate of drug-likeness (QED) is 0.898. The van der Waals surface area contributed by atoms with E-state index in [0.717, 1.165) is 29.1 Å². The standard InChI is InChI=1S/C15H19NO2/c1-11(17)14-6-4-5-7-15(14)16(3)10-13-8-9-18-12(13)2/h4-9,11,17H,10H2,1-3H3/t11-/m1/s1. The van der Waals surface area contributed by atoms with Gasteiger partial charge in [0.05, 0.1) is 12.4 Å². The van der Waals surface area contributed by atoms with Gasteiger partial charge in [0.2, 0.25) is 0 Å². The number of rotatable bonds is 4. The Hall–Kier alpha value is -1.74. The van der Waals surface area contributed by atoms with E-state index in [4.69, 9.17) is 4.42 Å². The van der Waals surface area contributed by atoms with Crippen LogP contribution in [0, 0.1) is 6.92 Å². The van der Waals surface area contributed by atoms with Gasteiger partial charge in [-0.05, 0) is 26.0 Å². The molecule has 0 amide bonds. The molecule has 0 saturated carbocycles. The van der Waals surface area contributed by atoms with Crippen molar-refractivity contribution in [3.63, 3.8) is 0 Å². The number of anilines is 1. The minimum Gasteiger partial charge on any atom is -0.469 e. The third-order valence-electron chi connectivity index (χ3n) is 3.17. The van der Waals surface area contributed by atoms with Gasteiger partial charge in [0.15, 0.2) is 0 Å². The first-order valence-corrected chi connectivity index (χ1v) is 6.10. The van der Waals surface area contributed by atoms with Crippen LogP contribution in [0.25, 0.3) is 0 Å². The molecule has 0 spiro atoms. The van der Waals surface area contributed by atoms with Gasteiger partial charge in [0.25, 0.3) is 0 Å². The minimum atomic E-state index is -0.464. The van der Waals surface area contributed by atoms with E-state index < -0.39 is 6.10 Å². The molecule has 2 rings (SSSR count). The fourth-order valence-electron chi connectivity index (χ4n) is 2.10. The molecule has 1 aromatic heterocycles. The SMILES string of the molecule is Cc1occc1CN(C)c1ccccc1[C@@H](C)O. The third-order valence-corrected chi connectivity index (χ3v) is 3.17. The zero-order valence-corrected chi connectivity index (χ0v) is 11.1. The van der Waals surface area contributed by atoms with Crippen molar-refractivity contribution in [2.24, 2.45) is 0 Å². The highest BCUT2D eigenvalue weighted by atomic mass is 16.3. The van der Waals surface area contributed by atoms with Crippen LogP contribution in [0.15, 0.2) is 41.0 Å². The van der Waals surface area contributed by atoms with Crippen molar-refractivity contribution < 1.29 is 9.52 Å². The molecule has 0 saturated heterocycles. The van der Waals surface area contributed by atoms with Gasteiger partial charge in [-0.3, -0.25) is 0 Å². The predicted octanol–water partition coefficient (Wildman–Crippen LogP) is 3.28. The molecule has 0 aliphatic carbocycles. The van der Waals surface area contributed by atoms with Gasteiger partial charge >= 0.3 is 0 Å². The summed E-state index contributed by atoms with van der Waals surface area (Å²) < 4.78 is 5.30. The Kier molecular flexibility index (Phi) is 3.72. The summed E-state index contributed by atoms with van der Waals surface area (Å²) in [5.74, 6) is 0.941. The molecule has 0 radical (unpaired) electrons. The second-order valence-electron chi connectivity index (χ2n) is 4.59. The predicted molar refractivity (Wildman–Crippen MR) is 72.6 cm³/mol. The van der Waals surface area contributed by atoms with E-state index in [2.05, 4.69) is 4.90 Å². The maximum atomic E-state index is 9.79. The fraction of sp³-hybridized carbons (Fsp3) is 0.333. The number of para-hydroxylation sites is 1. The number of aryl methyl sites for hydroxylation is 1. The van der Waals surface area contributed by atoms with Gasteiger partial charge in [-0.1, -0.05) is 18.2 Å². The van der Waals surface area contributed by atoms with E-state index >= 15 is 0 Å². The lowest BCUT2D eigenvalue weighted by Crippen LogP contribution is -2.18. The minimum absolute atomic E-state index is 0.464. The second-order valence-corrected chi connectivity index (χ2v) is 4.59. The van der Waals surface area contributed by atoms with E-state index in [9.17, 15) is 5.11 Å². The molecule has 0 bridgehead atoms. The van der Waals surface area contributed by atoms with Crippen LogP contribution in [-0.2, 0) is 6.54 Å². The van der Waals surface area contributed by atoms with Crippen LogP contribution in [0.2, 0.25) is 0 Å². The Morgan fingerprint density at radius 1 is 1.28 bits per heavy atom. The van der Waals surface area contributed by atoms with Gasteiger partial charge in [0.1, 0.15) is 5.76 Å². The van der Waals surface area contributed by atoms with Crippen molar-refractivity contribution in [1.29, 1.82) is 0 Å². The topological polar surface area (TPSA) is 36.6 Å². The van der Waals surface area contributed by atoms with E-state index in [0.29, 0.717) is 0 Å². The van der Waals surface area contributed by atoms with Gasteiger partial charge in [0, 0.05) is 30.4 Å². The van der Waals surface area contributed by atoms with Crippen LogP contribution < -0.4 is 4.90 Å². The number of hydrogen-bond acceptors (Lipinski definition) is 3. The Morgan fingerprint density at radius 2 is 2.00 bits per heavy atom. The molecule has 96 valence electrons. The molecule has 1 aromatic carbocycles. The van der Waals surface area contributed by atoms with Crippen molar-refractivity contribution >= 4 is 5.69 Å². The fourth-order valence-corrected chi connectivity index (χ4v) is 2.10. The molecular weight excluding hydrogens is 226 g/mol. The Morgan fingerprint density at radius 3 is 2.61 bits per heavy atom. The van der Waals surface area contributed by atoms with Gasteiger partial charge in [-0.25, -0.2) is 0 Å². The normalized spacial score (nSPS) is 12.4. The Bertz CT molecular complexity index is 517. The van der Waals surface area contributed by atoms with Crippen molar-refractivity contribution in [2.75, 3.05) is 11.9 Å². The van der Waals surface area contributed by atoms with Gasteiger partial charge in [-0.2, -0.15) is 0 Å². The average Bonchev–Trinajstić information content (AvgIpc) is 2.75. The third kappa shape index (κ3) is 2.57. The first kappa shape index (κ1) is 12.7. The smallest absolute Gasteiger partial charge is 0.105 e. The Balaban J connectivity index is 2.24. The molecule has 0 aliphatic heterocycles. The summed E-state index contributed by atoms with van der Waals surface area (Å²) in [4.78, 5) is 2.12. The molecule has 18 heavy (non-hydrogen) atoms. The van der Waals surface area contributed by atoms with Crippen molar-refractivity contribution in [1.82, 2.24) is 0 Å². The van der Waals surface area contributed by atoms with E-state index in [-0.39, 0.29) is 0 Å². The highest BCUT2D eigenvalue weighted by molar-refractivity contribution is 5.54. The van der Waals surface area contributed by atoms with Crippen LogP contribution >= 0.6 is 0 Å². The number of aliphatic hydroxyl groups excluding tert-OH is 1. The Labute approximate surface area is 108 Å².